The first-order valence-electron chi connectivity index (χ1n) is 6.06. The van der Waals surface area contributed by atoms with Crippen LogP contribution >= 0.6 is 11.3 Å². The van der Waals surface area contributed by atoms with Crippen molar-refractivity contribution in [3.63, 3.8) is 0 Å². The molecular weight excluding hydrogens is 280 g/mol. The fraction of sp³-hybridized carbons (Fsp3) is 0.308. The summed E-state index contributed by atoms with van der Waals surface area (Å²) in [5, 5.41) is 2.01. The van der Waals surface area contributed by atoms with E-state index in [0.29, 0.717) is 6.42 Å². The number of nitrogens with zero attached hydrogens (tertiary/aromatic N) is 1. The molecular formula is C13H16N2O2S2. The summed E-state index contributed by atoms with van der Waals surface area (Å²) in [6, 6.07) is 5.97. The lowest BCUT2D eigenvalue weighted by molar-refractivity contribution is 0.580. The molecule has 2 aromatic heterocycles. The maximum Gasteiger partial charge on any atom is 0.211 e. The third-order valence-electron chi connectivity index (χ3n) is 2.57. The molecule has 0 amide bonds. The van der Waals surface area contributed by atoms with Gasteiger partial charge in [0.15, 0.2) is 0 Å². The lowest BCUT2D eigenvalue weighted by Crippen LogP contribution is -2.25. The fourth-order valence-corrected chi connectivity index (χ4v) is 3.47. The van der Waals surface area contributed by atoms with E-state index in [-0.39, 0.29) is 12.3 Å². The molecule has 2 aromatic rings. The summed E-state index contributed by atoms with van der Waals surface area (Å²) in [4.78, 5) is 5.29. The zero-order valence-electron chi connectivity index (χ0n) is 10.7. The number of pyridine rings is 1. The summed E-state index contributed by atoms with van der Waals surface area (Å²) in [5.74, 6) is 0.158. The van der Waals surface area contributed by atoms with Crippen LogP contribution in [0, 0.1) is 0 Å². The van der Waals surface area contributed by atoms with E-state index in [1.807, 2.05) is 30.5 Å². The van der Waals surface area contributed by atoms with Crippen LogP contribution in [-0.4, -0.2) is 19.2 Å². The summed E-state index contributed by atoms with van der Waals surface area (Å²) >= 11 is 1.64. The predicted octanol–water partition coefficient (Wildman–Crippen LogP) is 2.64. The van der Waals surface area contributed by atoms with Crippen LogP contribution in [0.1, 0.15) is 18.9 Å². The highest BCUT2D eigenvalue weighted by atomic mass is 32.2. The van der Waals surface area contributed by atoms with Crippen molar-refractivity contribution in [3.05, 3.63) is 41.5 Å². The predicted molar refractivity (Wildman–Crippen MR) is 78.5 cm³/mol. The Morgan fingerprint density at radius 2 is 2.21 bits per heavy atom. The zero-order chi connectivity index (χ0) is 13.7. The second-order valence-electron chi connectivity index (χ2n) is 4.20. The Labute approximate surface area is 117 Å². The summed E-state index contributed by atoms with van der Waals surface area (Å²) in [6.45, 7) is 2.13. The minimum atomic E-state index is -3.17. The highest BCUT2D eigenvalue weighted by Gasteiger charge is 2.08. The van der Waals surface area contributed by atoms with E-state index in [1.54, 1.807) is 23.7 Å². The molecule has 0 atom stereocenters. The van der Waals surface area contributed by atoms with E-state index < -0.39 is 10.0 Å². The average molecular weight is 296 g/mol. The maximum atomic E-state index is 11.6. The van der Waals surface area contributed by atoms with E-state index in [1.165, 1.54) is 0 Å². The van der Waals surface area contributed by atoms with Crippen molar-refractivity contribution in [2.45, 2.75) is 19.9 Å². The molecule has 4 nitrogen and oxygen atoms in total. The summed E-state index contributed by atoms with van der Waals surface area (Å²) < 4.78 is 25.8. The number of hydrogen-bond acceptors (Lipinski definition) is 4. The Bertz CT molecular complexity index is 622. The number of hydrogen-bond donors (Lipinski definition) is 1. The minimum absolute atomic E-state index is 0.158. The summed E-state index contributed by atoms with van der Waals surface area (Å²) in [7, 11) is -3.17. The van der Waals surface area contributed by atoms with E-state index in [4.69, 9.17) is 0 Å². The smallest absolute Gasteiger partial charge is 0.211 e. The normalized spacial score (nSPS) is 11.6. The quantitative estimate of drug-likeness (QED) is 0.891. The molecule has 0 saturated heterocycles. The second-order valence-corrected chi connectivity index (χ2v) is 7.07. The molecule has 0 saturated carbocycles. The van der Waals surface area contributed by atoms with Crippen molar-refractivity contribution in [1.82, 2.24) is 9.71 Å². The van der Waals surface area contributed by atoms with Crippen LogP contribution in [0.4, 0.5) is 0 Å². The van der Waals surface area contributed by atoms with Gasteiger partial charge < -0.3 is 0 Å². The molecule has 0 spiro atoms. The van der Waals surface area contributed by atoms with Gasteiger partial charge in [0.2, 0.25) is 10.0 Å². The maximum absolute atomic E-state index is 11.6. The van der Waals surface area contributed by atoms with Gasteiger partial charge in [-0.05, 0) is 29.5 Å². The molecule has 0 unspecified atom stereocenters. The summed E-state index contributed by atoms with van der Waals surface area (Å²) in [5.41, 5.74) is 1.88. The van der Waals surface area contributed by atoms with Gasteiger partial charge in [-0.1, -0.05) is 13.0 Å². The van der Waals surface area contributed by atoms with Crippen LogP contribution < -0.4 is 4.72 Å². The Morgan fingerprint density at radius 3 is 2.89 bits per heavy atom. The van der Waals surface area contributed by atoms with Crippen LogP contribution in [0.25, 0.3) is 10.4 Å². The van der Waals surface area contributed by atoms with Crippen molar-refractivity contribution in [1.29, 1.82) is 0 Å². The SMILES string of the molecule is CCCS(=O)(=O)NCc1cncc(-c2cccs2)c1. The Balaban J connectivity index is 2.08. The molecule has 0 fully saturated rings. The average Bonchev–Trinajstić information content (AvgIpc) is 2.91. The van der Waals surface area contributed by atoms with Crippen molar-refractivity contribution in [3.8, 4) is 10.4 Å². The largest absolute Gasteiger partial charge is 0.264 e. The second kappa shape index (κ2) is 6.27. The summed E-state index contributed by atoms with van der Waals surface area (Å²) in [6.07, 6.45) is 4.09. The molecule has 0 radical (unpaired) electrons. The molecule has 0 aromatic carbocycles. The number of aromatic nitrogens is 1. The Morgan fingerprint density at radius 1 is 1.37 bits per heavy atom. The van der Waals surface area contributed by atoms with Gasteiger partial charge in [-0.2, -0.15) is 0 Å². The molecule has 6 heteroatoms. The Kier molecular flexibility index (Phi) is 4.68. The van der Waals surface area contributed by atoms with Crippen LogP contribution in [-0.2, 0) is 16.6 Å². The third-order valence-corrected chi connectivity index (χ3v) is 5.02. The van der Waals surface area contributed by atoms with Gasteiger partial charge in [-0.25, -0.2) is 13.1 Å². The molecule has 0 aliphatic carbocycles. The van der Waals surface area contributed by atoms with Crippen molar-refractivity contribution >= 4 is 21.4 Å². The van der Waals surface area contributed by atoms with Gasteiger partial charge in [0, 0.05) is 29.4 Å². The van der Waals surface area contributed by atoms with Gasteiger partial charge in [-0.3, -0.25) is 4.98 Å². The monoisotopic (exact) mass is 296 g/mol. The molecule has 0 bridgehead atoms. The van der Waals surface area contributed by atoms with E-state index in [0.717, 1.165) is 16.0 Å². The highest BCUT2D eigenvalue weighted by molar-refractivity contribution is 7.89. The topological polar surface area (TPSA) is 59.1 Å². The van der Waals surface area contributed by atoms with Crippen molar-refractivity contribution in [2.75, 3.05) is 5.75 Å². The number of sulfonamides is 1. The van der Waals surface area contributed by atoms with Crippen molar-refractivity contribution in [2.24, 2.45) is 0 Å². The third kappa shape index (κ3) is 4.12. The molecule has 0 aliphatic rings. The zero-order valence-corrected chi connectivity index (χ0v) is 12.3. The lowest BCUT2D eigenvalue weighted by Gasteiger charge is -2.06. The van der Waals surface area contributed by atoms with E-state index in [9.17, 15) is 8.42 Å². The van der Waals surface area contributed by atoms with Crippen LogP contribution in [0.15, 0.2) is 36.0 Å². The minimum Gasteiger partial charge on any atom is -0.264 e. The first kappa shape index (κ1) is 14.2. The van der Waals surface area contributed by atoms with Crippen LogP contribution in [0.5, 0.6) is 0 Å². The number of thiophene rings is 1. The van der Waals surface area contributed by atoms with Crippen molar-refractivity contribution < 1.29 is 8.42 Å². The van der Waals surface area contributed by atoms with Crippen LogP contribution in [0.3, 0.4) is 0 Å². The number of rotatable bonds is 6. The molecule has 19 heavy (non-hydrogen) atoms. The lowest BCUT2D eigenvalue weighted by atomic mass is 10.2. The fourth-order valence-electron chi connectivity index (χ4n) is 1.70. The molecule has 2 rings (SSSR count). The molecule has 0 aliphatic heterocycles. The van der Waals surface area contributed by atoms with Gasteiger partial charge in [0.05, 0.1) is 5.75 Å². The standard InChI is InChI=1S/C13H16N2O2S2/c1-2-6-19(16,17)15-9-11-7-12(10-14-8-11)13-4-3-5-18-13/h3-5,7-8,10,15H,2,6,9H2,1H3. The van der Waals surface area contributed by atoms with Gasteiger partial charge >= 0.3 is 0 Å². The first-order chi connectivity index (χ1) is 9.11. The van der Waals surface area contributed by atoms with E-state index >= 15 is 0 Å². The Hall–Kier alpha value is -1.24. The van der Waals surface area contributed by atoms with Crippen LogP contribution in [0.2, 0.25) is 0 Å². The molecule has 102 valence electrons. The van der Waals surface area contributed by atoms with Gasteiger partial charge in [0.25, 0.3) is 0 Å². The van der Waals surface area contributed by atoms with Gasteiger partial charge in [0.1, 0.15) is 0 Å². The van der Waals surface area contributed by atoms with E-state index in [2.05, 4.69) is 9.71 Å². The number of nitrogens with one attached hydrogen (secondary N) is 1. The molecule has 2 heterocycles. The highest BCUT2D eigenvalue weighted by Crippen LogP contribution is 2.24. The molecule has 1 N–H and O–H groups in total. The van der Waals surface area contributed by atoms with Gasteiger partial charge in [-0.15, -0.1) is 11.3 Å². The first-order valence-corrected chi connectivity index (χ1v) is 8.59.